The highest BCUT2D eigenvalue weighted by molar-refractivity contribution is 7.80. The number of hydrogen-bond acceptors (Lipinski definition) is 7. The number of rotatable bonds is 2. The van der Waals surface area contributed by atoms with Crippen molar-refractivity contribution in [3.05, 3.63) is 56.5 Å². The number of ether oxygens (including phenoxy) is 1. The number of carboxylic acids is 1. The fraction of sp³-hybridized carbons (Fsp3) is 0.0588. The predicted octanol–water partition coefficient (Wildman–Crippen LogP) is 3.87. The molecule has 0 unspecified atom stereocenters. The summed E-state index contributed by atoms with van der Waals surface area (Å²) in [5, 5.41) is 14.0. The van der Waals surface area contributed by atoms with Crippen LogP contribution in [0.1, 0.15) is 20.2 Å². The first-order valence-corrected chi connectivity index (χ1v) is 9.07. The normalized spacial score (nSPS) is 9.36. The van der Waals surface area contributed by atoms with Crippen LogP contribution in [-0.4, -0.2) is 23.2 Å². The van der Waals surface area contributed by atoms with Crippen molar-refractivity contribution >= 4 is 47.0 Å². The van der Waals surface area contributed by atoms with Crippen LogP contribution in [0.25, 0.3) is 0 Å². The second kappa shape index (κ2) is 9.13. The summed E-state index contributed by atoms with van der Waals surface area (Å²) >= 11 is 7.26. The molecule has 128 valence electrons. The molecule has 3 rings (SSSR count). The van der Waals surface area contributed by atoms with Crippen LogP contribution < -0.4 is 10.5 Å². The number of anilines is 1. The minimum absolute atomic E-state index is 0.168. The fourth-order valence-corrected chi connectivity index (χ4v) is 3.06. The molecule has 3 aromatic rings. The van der Waals surface area contributed by atoms with Crippen LogP contribution in [0.15, 0.2) is 46.1 Å². The minimum Gasteiger partial charge on any atom is -0.495 e. The molecular formula is C17H14N2O3S3. The molecule has 0 atom stereocenters. The van der Waals surface area contributed by atoms with Crippen LogP contribution >= 0.6 is 35.3 Å². The summed E-state index contributed by atoms with van der Waals surface area (Å²) in [6.45, 7) is 0. The van der Waals surface area contributed by atoms with Gasteiger partial charge in [-0.15, -0.1) is 35.3 Å². The lowest BCUT2D eigenvalue weighted by Crippen LogP contribution is -1.99. The van der Waals surface area contributed by atoms with Crippen molar-refractivity contribution in [2.75, 3.05) is 12.8 Å². The van der Waals surface area contributed by atoms with Crippen LogP contribution in [0.5, 0.6) is 5.75 Å². The van der Waals surface area contributed by atoms with E-state index in [-0.39, 0.29) is 5.56 Å². The van der Waals surface area contributed by atoms with E-state index < -0.39 is 5.97 Å². The SMILES string of the molecule is COc1cc(C(=O)O)ccc1N.Sc1csc(C#Cc2cccs2)n1. The number of aromatic nitrogens is 1. The van der Waals surface area contributed by atoms with Gasteiger partial charge in [0.2, 0.25) is 0 Å². The van der Waals surface area contributed by atoms with Gasteiger partial charge in [-0.25, -0.2) is 9.78 Å². The molecule has 2 heterocycles. The van der Waals surface area contributed by atoms with E-state index in [0.29, 0.717) is 11.4 Å². The first-order valence-electron chi connectivity index (χ1n) is 6.86. The van der Waals surface area contributed by atoms with Gasteiger partial charge in [-0.05, 0) is 41.5 Å². The molecule has 25 heavy (non-hydrogen) atoms. The zero-order chi connectivity index (χ0) is 18.2. The monoisotopic (exact) mass is 390 g/mol. The maximum absolute atomic E-state index is 10.5. The number of nitrogen functional groups attached to an aromatic ring is 1. The molecule has 0 saturated carbocycles. The number of aromatic carboxylic acids is 1. The average molecular weight is 391 g/mol. The summed E-state index contributed by atoms with van der Waals surface area (Å²) in [4.78, 5) is 15.7. The molecule has 8 heteroatoms. The highest BCUT2D eigenvalue weighted by Gasteiger charge is 2.05. The van der Waals surface area contributed by atoms with Crippen molar-refractivity contribution in [2.45, 2.75) is 5.03 Å². The molecule has 0 spiro atoms. The van der Waals surface area contributed by atoms with Crippen LogP contribution in [-0.2, 0) is 0 Å². The van der Waals surface area contributed by atoms with Crippen molar-refractivity contribution in [3.8, 4) is 17.6 Å². The number of methoxy groups -OCH3 is 1. The standard InChI is InChI=1S/C9H5NS3.C8H9NO3/c11-8-6-13-9(10-8)4-3-7-2-1-5-12-7;1-12-7-4-5(8(10)11)2-3-6(7)9/h1-2,5-6,11H;2-4H,9H2,1H3,(H,10,11). The van der Waals surface area contributed by atoms with Gasteiger partial charge in [-0.2, -0.15) is 0 Å². The molecular weight excluding hydrogens is 376 g/mol. The summed E-state index contributed by atoms with van der Waals surface area (Å²) in [5.74, 6) is 5.42. The van der Waals surface area contributed by atoms with Gasteiger partial charge >= 0.3 is 5.97 Å². The molecule has 0 fully saturated rings. The molecule has 0 amide bonds. The highest BCUT2D eigenvalue weighted by Crippen LogP contribution is 2.21. The van der Waals surface area contributed by atoms with E-state index in [2.05, 4.69) is 29.5 Å². The van der Waals surface area contributed by atoms with E-state index in [1.165, 1.54) is 36.6 Å². The number of thiazole rings is 1. The van der Waals surface area contributed by atoms with Crippen LogP contribution in [0.2, 0.25) is 0 Å². The molecule has 3 N–H and O–H groups in total. The Labute approximate surface area is 158 Å². The first kappa shape index (κ1) is 18.9. The van der Waals surface area contributed by atoms with Gasteiger partial charge in [0.25, 0.3) is 0 Å². The maximum atomic E-state index is 10.5. The van der Waals surface area contributed by atoms with E-state index in [0.717, 1.165) is 14.9 Å². The largest absolute Gasteiger partial charge is 0.495 e. The second-order valence-corrected chi connectivity index (χ2v) is 6.76. The summed E-state index contributed by atoms with van der Waals surface area (Å²) in [5.41, 5.74) is 6.08. The number of thiophene rings is 1. The molecule has 0 aliphatic heterocycles. The molecule has 0 aliphatic rings. The quantitative estimate of drug-likeness (QED) is 0.351. The number of carboxylic acid groups (broad SMARTS) is 1. The molecule has 0 aliphatic carbocycles. The summed E-state index contributed by atoms with van der Waals surface area (Å²) < 4.78 is 4.85. The molecule has 2 aromatic heterocycles. The summed E-state index contributed by atoms with van der Waals surface area (Å²) in [7, 11) is 1.44. The second-order valence-electron chi connectivity index (χ2n) is 4.50. The number of carbonyl (C=O) groups is 1. The number of hydrogen-bond donors (Lipinski definition) is 3. The van der Waals surface area contributed by atoms with Crippen LogP contribution in [0.3, 0.4) is 0 Å². The Morgan fingerprint density at radius 1 is 1.32 bits per heavy atom. The molecule has 1 aromatic carbocycles. The third kappa shape index (κ3) is 5.83. The van der Waals surface area contributed by atoms with Gasteiger partial charge in [-0.3, -0.25) is 0 Å². The van der Waals surface area contributed by atoms with E-state index in [4.69, 9.17) is 15.6 Å². The van der Waals surface area contributed by atoms with Crippen molar-refractivity contribution in [3.63, 3.8) is 0 Å². The Balaban J connectivity index is 0.000000181. The van der Waals surface area contributed by atoms with Crippen LogP contribution in [0, 0.1) is 11.8 Å². The third-order valence-electron chi connectivity index (χ3n) is 2.79. The smallest absolute Gasteiger partial charge is 0.335 e. The third-order valence-corrected chi connectivity index (χ3v) is 4.73. The Hall–Kier alpha value is -2.47. The fourth-order valence-electron chi connectivity index (χ4n) is 1.63. The van der Waals surface area contributed by atoms with Gasteiger partial charge in [0.15, 0.2) is 5.01 Å². The van der Waals surface area contributed by atoms with Crippen LogP contribution in [0.4, 0.5) is 5.69 Å². The molecule has 5 nitrogen and oxygen atoms in total. The van der Waals surface area contributed by atoms with Crippen molar-refractivity contribution in [1.82, 2.24) is 4.98 Å². The minimum atomic E-state index is -0.992. The average Bonchev–Trinajstić information content (AvgIpc) is 3.25. The van der Waals surface area contributed by atoms with Gasteiger partial charge < -0.3 is 15.6 Å². The Kier molecular flexibility index (Phi) is 6.89. The topological polar surface area (TPSA) is 85.4 Å². The first-order chi connectivity index (χ1) is 12.0. The van der Waals surface area contributed by atoms with E-state index in [1.807, 2.05) is 22.9 Å². The molecule has 0 bridgehead atoms. The van der Waals surface area contributed by atoms with Gasteiger partial charge in [0.1, 0.15) is 10.8 Å². The number of benzene rings is 1. The molecule has 0 radical (unpaired) electrons. The van der Waals surface area contributed by atoms with Gasteiger partial charge in [0, 0.05) is 5.38 Å². The van der Waals surface area contributed by atoms with E-state index in [9.17, 15) is 4.79 Å². The summed E-state index contributed by atoms with van der Waals surface area (Å²) in [6.07, 6.45) is 0. The predicted molar refractivity (Wildman–Crippen MR) is 104 cm³/mol. The summed E-state index contributed by atoms with van der Waals surface area (Å²) in [6, 6.07) is 8.30. The van der Waals surface area contributed by atoms with E-state index >= 15 is 0 Å². The molecule has 0 saturated heterocycles. The lowest BCUT2D eigenvalue weighted by Gasteiger charge is -2.03. The van der Waals surface area contributed by atoms with Crippen molar-refractivity contribution in [1.29, 1.82) is 0 Å². The van der Waals surface area contributed by atoms with Crippen molar-refractivity contribution in [2.24, 2.45) is 0 Å². The Morgan fingerprint density at radius 3 is 2.68 bits per heavy atom. The van der Waals surface area contributed by atoms with Gasteiger partial charge in [-0.1, -0.05) is 6.07 Å². The number of nitrogens with zero attached hydrogens (tertiary/aromatic N) is 1. The number of thiol groups is 1. The highest BCUT2D eigenvalue weighted by atomic mass is 32.1. The lowest BCUT2D eigenvalue weighted by molar-refractivity contribution is 0.0696. The van der Waals surface area contributed by atoms with Crippen molar-refractivity contribution < 1.29 is 14.6 Å². The zero-order valence-corrected chi connectivity index (χ0v) is 15.6. The number of nitrogens with two attached hydrogens (primary N) is 1. The Bertz CT molecular complexity index is 909. The maximum Gasteiger partial charge on any atom is 0.335 e. The Morgan fingerprint density at radius 2 is 2.12 bits per heavy atom. The lowest BCUT2D eigenvalue weighted by atomic mass is 10.2. The van der Waals surface area contributed by atoms with Gasteiger partial charge in [0.05, 0.1) is 23.2 Å². The van der Waals surface area contributed by atoms with E-state index in [1.54, 1.807) is 11.3 Å². The zero-order valence-electron chi connectivity index (χ0n) is 13.1.